The summed E-state index contributed by atoms with van der Waals surface area (Å²) in [7, 11) is 0. The second-order valence-corrected chi connectivity index (χ2v) is 5.65. The Kier molecular flexibility index (Phi) is 4.35. The van der Waals surface area contributed by atoms with E-state index in [1.165, 1.54) is 29.2 Å². The largest absolute Gasteiger partial charge is 0.480 e. The summed E-state index contributed by atoms with van der Waals surface area (Å²) in [5.41, 5.74) is 1.16. The molecule has 1 aliphatic heterocycles. The summed E-state index contributed by atoms with van der Waals surface area (Å²) in [6.07, 6.45) is 0. The molecule has 0 unspecified atom stereocenters. The Labute approximate surface area is 142 Å². The second-order valence-electron chi connectivity index (χ2n) is 5.18. The van der Waals surface area contributed by atoms with E-state index in [9.17, 15) is 13.6 Å². The third kappa shape index (κ3) is 3.03. The number of nitrogens with zero attached hydrogens (tertiary/aromatic N) is 2. The fourth-order valence-electron chi connectivity index (χ4n) is 2.58. The molecule has 4 nitrogen and oxygen atoms in total. The molecule has 0 amide bonds. The molecule has 0 aliphatic carbocycles. The van der Waals surface area contributed by atoms with Gasteiger partial charge in [0.2, 0.25) is 0 Å². The molecule has 7 heteroatoms. The molecule has 3 rings (SSSR count). The summed E-state index contributed by atoms with van der Waals surface area (Å²) in [5, 5.41) is 9.11. The number of thiocarbonyl (C=S) groups is 1. The molecule has 0 aromatic heterocycles. The highest BCUT2D eigenvalue weighted by atomic mass is 32.1. The Hall–Kier alpha value is -2.67. The van der Waals surface area contributed by atoms with Crippen LogP contribution in [-0.2, 0) is 4.79 Å². The number of fused-ring (bicyclic) bond motifs is 1. The molecule has 1 heterocycles. The van der Waals surface area contributed by atoms with E-state index in [0.717, 1.165) is 0 Å². The van der Waals surface area contributed by atoms with Crippen molar-refractivity contribution in [3.8, 4) is 0 Å². The van der Waals surface area contributed by atoms with Gasteiger partial charge in [0, 0.05) is 11.1 Å². The Bertz CT molecular complexity index is 867. The van der Waals surface area contributed by atoms with Crippen LogP contribution in [0, 0.1) is 11.6 Å². The first-order valence-corrected chi connectivity index (χ1v) is 7.49. The Morgan fingerprint density at radius 3 is 2.67 bits per heavy atom. The van der Waals surface area contributed by atoms with Crippen LogP contribution < -0.4 is 4.90 Å². The van der Waals surface area contributed by atoms with Gasteiger partial charge in [-0.3, -0.25) is 9.79 Å². The number of carbonyl (C=O) groups is 1. The lowest BCUT2D eigenvalue weighted by molar-refractivity contribution is -0.135. The third-order valence-corrected chi connectivity index (χ3v) is 3.95. The number of carboxylic acids is 1. The number of hydrogen-bond donors (Lipinski definition) is 1. The van der Waals surface area contributed by atoms with Gasteiger partial charge in [-0.2, -0.15) is 0 Å². The molecule has 0 spiro atoms. The number of aliphatic imine (C=N–C) groups is 1. The van der Waals surface area contributed by atoms with Crippen LogP contribution >= 0.6 is 12.2 Å². The predicted octanol–water partition coefficient (Wildman–Crippen LogP) is 3.03. The van der Waals surface area contributed by atoms with Gasteiger partial charge in [-0.05, 0) is 30.3 Å². The minimum atomic E-state index is -1.08. The molecular formula is C17H12F2N2O2S. The van der Waals surface area contributed by atoms with Crippen LogP contribution in [-0.4, -0.2) is 34.9 Å². The van der Waals surface area contributed by atoms with Gasteiger partial charge in [-0.25, -0.2) is 8.78 Å². The quantitative estimate of drug-likeness (QED) is 0.868. The van der Waals surface area contributed by atoms with E-state index < -0.39 is 17.6 Å². The van der Waals surface area contributed by atoms with Gasteiger partial charge in [-0.1, -0.05) is 24.4 Å². The van der Waals surface area contributed by atoms with Gasteiger partial charge in [0.25, 0.3) is 0 Å². The van der Waals surface area contributed by atoms with Gasteiger partial charge < -0.3 is 10.0 Å². The molecule has 122 valence electrons. The standard InChI is InChI=1S/C17H12F2N2O2S/c18-10-5-6-14-12(7-10)17(11-3-1-2-4-13(11)19)20-8-15(24)21(14)9-16(22)23/h1-7H,8-9H2,(H,22,23). The third-order valence-electron chi connectivity index (χ3n) is 3.60. The van der Waals surface area contributed by atoms with Gasteiger partial charge >= 0.3 is 5.97 Å². The number of halogens is 2. The Morgan fingerprint density at radius 1 is 1.21 bits per heavy atom. The van der Waals surface area contributed by atoms with Crippen molar-refractivity contribution in [3.05, 3.63) is 65.2 Å². The topological polar surface area (TPSA) is 52.9 Å². The zero-order valence-corrected chi connectivity index (χ0v) is 13.2. The highest BCUT2D eigenvalue weighted by Gasteiger charge is 2.26. The summed E-state index contributed by atoms with van der Waals surface area (Å²) in [6, 6.07) is 9.88. The highest BCUT2D eigenvalue weighted by Crippen LogP contribution is 2.28. The maximum Gasteiger partial charge on any atom is 0.323 e. The van der Waals surface area contributed by atoms with Crippen molar-refractivity contribution in [1.29, 1.82) is 0 Å². The first kappa shape index (κ1) is 16.2. The van der Waals surface area contributed by atoms with Crippen molar-refractivity contribution in [2.24, 2.45) is 4.99 Å². The normalized spacial score (nSPS) is 14.0. The first-order valence-electron chi connectivity index (χ1n) is 7.09. The monoisotopic (exact) mass is 346 g/mol. The number of carboxylic acid groups (broad SMARTS) is 1. The lowest BCUT2D eigenvalue weighted by Gasteiger charge is -2.23. The van der Waals surface area contributed by atoms with E-state index in [0.29, 0.717) is 11.3 Å². The van der Waals surface area contributed by atoms with Crippen LogP contribution in [0.4, 0.5) is 14.5 Å². The van der Waals surface area contributed by atoms with Gasteiger partial charge in [0.15, 0.2) is 0 Å². The number of hydrogen-bond acceptors (Lipinski definition) is 3. The average Bonchev–Trinajstić information content (AvgIpc) is 2.66. The van der Waals surface area contributed by atoms with Crippen LogP contribution in [0.1, 0.15) is 11.1 Å². The lowest BCUT2D eigenvalue weighted by atomic mass is 9.99. The zero-order valence-electron chi connectivity index (χ0n) is 12.4. The van der Waals surface area contributed by atoms with E-state index >= 15 is 0 Å². The molecule has 0 bridgehead atoms. The fraction of sp³-hybridized carbons (Fsp3) is 0.118. The maximum absolute atomic E-state index is 14.2. The summed E-state index contributed by atoms with van der Waals surface area (Å²) >= 11 is 5.24. The van der Waals surface area contributed by atoms with Crippen molar-refractivity contribution in [3.63, 3.8) is 0 Å². The van der Waals surface area contributed by atoms with Crippen molar-refractivity contribution in [2.75, 3.05) is 18.0 Å². The van der Waals surface area contributed by atoms with Crippen LogP contribution in [0.3, 0.4) is 0 Å². The van der Waals surface area contributed by atoms with Crippen LogP contribution in [0.5, 0.6) is 0 Å². The van der Waals surface area contributed by atoms with Crippen LogP contribution in [0.15, 0.2) is 47.5 Å². The molecule has 0 radical (unpaired) electrons. The van der Waals surface area contributed by atoms with Crippen molar-refractivity contribution in [1.82, 2.24) is 0 Å². The van der Waals surface area contributed by atoms with Gasteiger partial charge in [0.05, 0.1) is 17.9 Å². The smallest absolute Gasteiger partial charge is 0.323 e. The van der Waals surface area contributed by atoms with Crippen molar-refractivity contribution >= 4 is 34.6 Å². The van der Waals surface area contributed by atoms with Gasteiger partial charge in [0.1, 0.15) is 23.2 Å². The molecular weight excluding hydrogens is 334 g/mol. The van der Waals surface area contributed by atoms with E-state index in [4.69, 9.17) is 17.3 Å². The van der Waals surface area contributed by atoms with Crippen molar-refractivity contribution in [2.45, 2.75) is 0 Å². The minimum Gasteiger partial charge on any atom is -0.480 e. The Balaban J connectivity index is 2.21. The highest BCUT2D eigenvalue weighted by molar-refractivity contribution is 7.80. The summed E-state index contributed by atoms with van der Waals surface area (Å²) in [5.74, 6) is -2.10. The number of aliphatic carboxylic acids is 1. The summed E-state index contributed by atoms with van der Waals surface area (Å²) < 4.78 is 28.0. The number of rotatable bonds is 3. The Morgan fingerprint density at radius 2 is 1.96 bits per heavy atom. The number of benzene rings is 2. The van der Waals surface area contributed by atoms with E-state index in [1.54, 1.807) is 18.2 Å². The second kappa shape index (κ2) is 6.45. The fourth-order valence-corrected chi connectivity index (χ4v) is 2.80. The molecule has 0 saturated carbocycles. The molecule has 24 heavy (non-hydrogen) atoms. The van der Waals surface area contributed by atoms with Crippen LogP contribution in [0.2, 0.25) is 0 Å². The molecule has 0 atom stereocenters. The lowest BCUT2D eigenvalue weighted by Crippen LogP contribution is -2.35. The predicted molar refractivity (Wildman–Crippen MR) is 90.9 cm³/mol. The molecule has 0 saturated heterocycles. The molecule has 2 aromatic carbocycles. The summed E-state index contributed by atoms with van der Waals surface area (Å²) in [6.45, 7) is -0.361. The summed E-state index contributed by atoms with van der Waals surface area (Å²) in [4.78, 5) is 17.1. The van der Waals surface area contributed by atoms with E-state index in [1.807, 2.05) is 0 Å². The SMILES string of the molecule is O=C(O)CN1C(=S)CN=C(c2ccccc2F)c2cc(F)ccc21. The van der Waals surface area contributed by atoms with Crippen molar-refractivity contribution < 1.29 is 18.7 Å². The molecule has 1 N–H and O–H groups in total. The van der Waals surface area contributed by atoms with Crippen LogP contribution in [0.25, 0.3) is 0 Å². The average molecular weight is 346 g/mol. The molecule has 0 fully saturated rings. The first-order chi connectivity index (χ1) is 11.5. The van der Waals surface area contributed by atoms with Gasteiger partial charge in [-0.15, -0.1) is 0 Å². The minimum absolute atomic E-state index is 0.0164. The zero-order chi connectivity index (χ0) is 17.3. The molecule has 1 aliphatic rings. The molecule has 2 aromatic rings. The number of anilines is 1. The van der Waals surface area contributed by atoms with E-state index in [-0.39, 0.29) is 29.4 Å². The van der Waals surface area contributed by atoms with E-state index in [2.05, 4.69) is 4.99 Å². The maximum atomic E-state index is 14.2. The number of benzodiazepines with no additional fused rings is 1.